The first-order valence-electron chi connectivity index (χ1n) is 8.09. The molecule has 4 rings (SSSR count). The second-order valence-corrected chi connectivity index (χ2v) is 7.60. The van der Waals surface area contributed by atoms with Crippen molar-refractivity contribution >= 4 is 34.2 Å². The molecule has 8 nitrogen and oxygen atoms in total. The van der Waals surface area contributed by atoms with Crippen LogP contribution in [0, 0.1) is 0 Å². The van der Waals surface area contributed by atoms with E-state index in [1.54, 1.807) is 28.3 Å². The molecule has 0 amide bonds. The molecule has 0 bridgehead atoms. The van der Waals surface area contributed by atoms with E-state index in [0.717, 1.165) is 13.0 Å². The standard InChI is InChI=1S/C17H17N5O3S/c1-17(18)4-6-21(9-17)12-3-2-10-13(23)11(15(24)25)8-22(14(10)20-12)16-19-5-7-26-16/h2-3,5,7-8H,4,6,9,18H2,1H3,(H,24,25). The highest BCUT2D eigenvalue weighted by Gasteiger charge is 2.31. The Bertz CT molecular complexity index is 1060. The highest BCUT2D eigenvalue weighted by atomic mass is 32.1. The number of carbonyl (C=O) groups is 1. The van der Waals surface area contributed by atoms with E-state index in [4.69, 9.17) is 5.73 Å². The molecule has 1 fully saturated rings. The Labute approximate surface area is 152 Å². The first-order valence-corrected chi connectivity index (χ1v) is 8.97. The van der Waals surface area contributed by atoms with Crippen LogP contribution >= 0.6 is 11.3 Å². The summed E-state index contributed by atoms with van der Waals surface area (Å²) in [5.74, 6) is -0.566. The number of aromatic carboxylic acids is 1. The van der Waals surface area contributed by atoms with Gasteiger partial charge >= 0.3 is 5.97 Å². The molecular formula is C17H17N5O3S. The fraction of sp³-hybridized carbons (Fsp3) is 0.294. The maximum absolute atomic E-state index is 12.5. The third-order valence-electron chi connectivity index (χ3n) is 4.52. The van der Waals surface area contributed by atoms with Gasteiger partial charge in [0.1, 0.15) is 11.4 Å². The van der Waals surface area contributed by atoms with Crippen LogP contribution in [0.15, 0.2) is 34.7 Å². The van der Waals surface area contributed by atoms with E-state index in [0.29, 0.717) is 23.1 Å². The summed E-state index contributed by atoms with van der Waals surface area (Å²) in [4.78, 5) is 35.0. The van der Waals surface area contributed by atoms with Gasteiger partial charge in [0.2, 0.25) is 5.43 Å². The predicted molar refractivity (Wildman–Crippen MR) is 99.4 cm³/mol. The summed E-state index contributed by atoms with van der Waals surface area (Å²) in [7, 11) is 0. The minimum absolute atomic E-state index is 0.249. The zero-order chi connectivity index (χ0) is 18.5. The number of carboxylic acids is 1. The minimum atomic E-state index is -1.27. The van der Waals surface area contributed by atoms with Crippen molar-refractivity contribution in [2.45, 2.75) is 18.9 Å². The molecule has 1 saturated heterocycles. The molecule has 0 saturated carbocycles. The van der Waals surface area contributed by atoms with Crippen molar-refractivity contribution < 1.29 is 9.90 Å². The molecule has 26 heavy (non-hydrogen) atoms. The van der Waals surface area contributed by atoms with Crippen molar-refractivity contribution in [2.24, 2.45) is 5.73 Å². The van der Waals surface area contributed by atoms with Crippen molar-refractivity contribution in [1.82, 2.24) is 14.5 Å². The first-order chi connectivity index (χ1) is 12.4. The zero-order valence-electron chi connectivity index (χ0n) is 14.0. The summed E-state index contributed by atoms with van der Waals surface area (Å²) in [5, 5.41) is 11.9. The predicted octanol–water partition coefficient (Wildman–Crippen LogP) is 1.47. The summed E-state index contributed by atoms with van der Waals surface area (Å²) in [6.07, 6.45) is 3.76. The van der Waals surface area contributed by atoms with Crippen LogP contribution in [0.3, 0.4) is 0 Å². The molecule has 0 spiro atoms. The number of hydrogen-bond acceptors (Lipinski definition) is 7. The zero-order valence-corrected chi connectivity index (χ0v) is 14.9. The Hall–Kier alpha value is -2.78. The number of anilines is 1. The molecule has 0 aliphatic carbocycles. The number of carboxylic acid groups (broad SMARTS) is 1. The van der Waals surface area contributed by atoms with Crippen LogP contribution < -0.4 is 16.1 Å². The maximum atomic E-state index is 12.5. The first kappa shape index (κ1) is 16.7. The lowest BCUT2D eigenvalue weighted by molar-refractivity contribution is 0.0695. The average molecular weight is 371 g/mol. The normalized spacial score (nSPS) is 20.0. The van der Waals surface area contributed by atoms with Gasteiger partial charge in [-0.3, -0.25) is 9.36 Å². The summed E-state index contributed by atoms with van der Waals surface area (Å²) < 4.78 is 1.56. The number of pyridine rings is 2. The monoisotopic (exact) mass is 371 g/mol. The van der Waals surface area contributed by atoms with Gasteiger partial charge in [-0.25, -0.2) is 14.8 Å². The molecular weight excluding hydrogens is 354 g/mol. The number of nitrogens with zero attached hydrogens (tertiary/aromatic N) is 4. The van der Waals surface area contributed by atoms with E-state index in [2.05, 4.69) is 14.9 Å². The number of nitrogens with two attached hydrogens (primary N) is 1. The van der Waals surface area contributed by atoms with E-state index < -0.39 is 11.4 Å². The van der Waals surface area contributed by atoms with Crippen molar-refractivity contribution in [3.8, 4) is 5.13 Å². The van der Waals surface area contributed by atoms with Crippen LogP contribution in [-0.4, -0.2) is 44.2 Å². The molecule has 1 unspecified atom stereocenters. The highest BCUT2D eigenvalue weighted by Crippen LogP contribution is 2.26. The Morgan fingerprint density at radius 3 is 2.85 bits per heavy atom. The second-order valence-electron chi connectivity index (χ2n) is 6.73. The molecule has 3 N–H and O–H groups in total. The second kappa shape index (κ2) is 5.89. The van der Waals surface area contributed by atoms with Gasteiger partial charge in [0.05, 0.1) is 5.39 Å². The molecule has 3 aromatic rings. The van der Waals surface area contributed by atoms with E-state index >= 15 is 0 Å². The van der Waals surface area contributed by atoms with Gasteiger partial charge in [-0.05, 0) is 25.5 Å². The van der Waals surface area contributed by atoms with Crippen LogP contribution in [0.25, 0.3) is 16.2 Å². The van der Waals surface area contributed by atoms with Gasteiger partial charge in [-0.1, -0.05) is 0 Å². The van der Waals surface area contributed by atoms with Crippen molar-refractivity contribution in [1.29, 1.82) is 0 Å². The van der Waals surface area contributed by atoms with Crippen LogP contribution in [0.5, 0.6) is 0 Å². The molecule has 1 atom stereocenters. The molecule has 0 radical (unpaired) electrons. The largest absolute Gasteiger partial charge is 0.477 e. The molecule has 1 aliphatic rings. The number of thiazole rings is 1. The van der Waals surface area contributed by atoms with E-state index in [1.165, 1.54) is 17.5 Å². The number of fused-ring (bicyclic) bond motifs is 1. The van der Waals surface area contributed by atoms with Crippen molar-refractivity contribution in [2.75, 3.05) is 18.0 Å². The fourth-order valence-electron chi connectivity index (χ4n) is 3.18. The van der Waals surface area contributed by atoms with Gasteiger partial charge in [0.15, 0.2) is 10.8 Å². The Morgan fingerprint density at radius 2 is 2.23 bits per heavy atom. The molecule has 134 valence electrons. The molecule has 9 heteroatoms. The lowest BCUT2D eigenvalue weighted by atomic mass is 10.0. The van der Waals surface area contributed by atoms with Gasteiger partial charge in [-0.2, -0.15) is 0 Å². The van der Waals surface area contributed by atoms with Gasteiger partial charge in [-0.15, -0.1) is 11.3 Å². The van der Waals surface area contributed by atoms with Crippen LogP contribution in [-0.2, 0) is 0 Å². The van der Waals surface area contributed by atoms with Gasteiger partial charge in [0, 0.05) is 36.4 Å². The van der Waals surface area contributed by atoms with Crippen molar-refractivity contribution in [3.05, 3.63) is 45.7 Å². The Kier molecular flexibility index (Phi) is 3.78. The SMILES string of the molecule is CC1(N)CCN(c2ccc3c(=O)c(C(=O)O)cn(-c4nccs4)c3n2)C1. The Morgan fingerprint density at radius 1 is 1.42 bits per heavy atom. The van der Waals surface area contributed by atoms with Crippen LogP contribution in [0.1, 0.15) is 23.7 Å². The third-order valence-corrected chi connectivity index (χ3v) is 5.29. The summed E-state index contributed by atoms with van der Waals surface area (Å²) >= 11 is 1.34. The van der Waals surface area contributed by atoms with Gasteiger partial charge in [0.25, 0.3) is 0 Å². The van der Waals surface area contributed by atoms with Crippen LogP contribution in [0.2, 0.25) is 0 Å². The van der Waals surface area contributed by atoms with Gasteiger partial charge < -0.3 is 15.7 Å². The molecule has 1 aliphatic heterocycles. The maximum Gasteiger partial charge on any atom is 0.341 e. The quantitative estimate of drug-likeness (QED) is 0.716. The van der Waals surface area contributed by atoms with Crippen molar-refractivity contribution in [3.63, 3.8) is 0 Å². The van der Waals surface area contributed by atoms with E-state index in [1.807, 2.05) is 6.92 Å². The topological polar surface area (TPSA) is 114 Å². The number of hydrogen-bond donors (Lipinski definition) is 2. The number of aromatic nitrogens is 3. The third kappa shape index (κ3) is 2.74. The van der Waals surface area contributed by atoms with E-state index in [9.17, 15) is 14.7 Å². The summed E-state index contributed by atoms with van der Waals surface area (Å²) in [6, 6.07) is 3.37. The lowest BCUT2D eigenvalue weighted by Gasteiger charge is -2.21. The van der Waals surface area contributed by atoms with Crippen LogP contribution in [0.4, 0.5) is 5.82 Å². The molecule has 0 aromatic carbocycles. The fourth-order valence-corrected chi connectivity index (χ4v) is 3.80. The summed E-state index contributed by atoms with van der Waals surface area (Å²) in [5.41, 5.74) is 5.45. The number of rotatable bonds is 3. The highest BCUT2D eigenvalue weighted by molar-refractivity contribution is 7.12. The van der Waals surface area contributed by atoms with E-state index in [-0.39, 0.29) is 16.5 Å². The smallest absolute Gasteiger partial charge is 0.341 e. The summed E-state index contributed by atoms with van der Waals surface area (Å²) in [6.45, 7) is 3.44. The molecule has 3 aromatic heterocycles. The minimum Gasteiger partial charge on any atom is -0.477 e. The molecule has 4 heterocycles. The lowest BCUT2D eigenvalue weighted by Crippen LogP contribution is -2.39. The average Bonchev–Trinajstić information content (AvgIpc) is 3.24. The Balaban J connectivity index is 1.94.